The van der Waals surface area contributed by atoms with Gasteiger partial charge in [0.1, 0.15) is 5.84 Å². The largest absolute Gasteiger partial charge is 0.402 e. The molecule has 4 heteroatoms. The lowest BCUT2D eigenvalue weighted by Crippen LogP contribution is -2.34. The lowest BCUT2D eigenvalue weighted by atomic mass is 10.1. The summed E-state index contributed by atoms with van der Waals surface area (Å²) in [7, 11) is 1.72. The number of hydrogen-bond donors (Lipinski definition) is 3. The molecule has 0 aromatic carbocycles. The number of amidine groups is 1. The molecule has 0 fully saturated rings. The van der Waals surface area contributed by atoms with Crippen LogP contribution in [-0.4, -0.2) is 30.6 Å². The molecule has 0 spiro atoms. The van der Waals surface area contributed by atoms with E-state index in [2.05, 4.69) is 17.2 Å². The van der Waals surface area contributed by atoms with Crippen LogP contribution in [0.5, 0.6) is 0 Å². The molecule has 4 N–H and O–H groups in total. The number of nitrogens with one attached hydrogen (secondary N) is 1. The van der Waals surface area contributed by atoms with E-state index in [4.69, 9.17) is 10.8 Å². The zero-order chi connectivity index (χ0) is 11.0. The van der Waals surface area contributed by atoms with Crippen molar-refractivity contribution in [3.63, 3.8) is 0 Å². The first-order valence-electron chi connectivity index (χ1n) is 4.92. The highest BCUT2D eigenvalue weighted by molar-refractivity contribution is 5.93. The molecular formula is C10H21N3O. The fraction of sp³-hybridized carbons (Fsp3) is 0.700. The van der Waals surface area contributed by atoms with Gasteiger partial charge in [0.05, 0.1) is 0 Å². The maximum atomic E-state index is 8.82. The van der Waals surface area contributed by atoms with E-state index < -0.39 is 0 Å². The Hall–Kier alpha value is -1.03. The molecule has 1 unspecified atom stereocenters. The Morgan fingerprint density at radius 1 is 1.64 bits per heavy atom. The van der Waals surface area contributed by atoms with E-state index in [1.54, 1.807) is 13.1 Å². The molecular weight excluding hydrogens is 178 g/mol. The van der Waals surface area contributed by atoms with E-state index in [1.165, 1.54) is 0 Å². The van der Waals surface area contributed by atoms with Crippen LogP contribution in [0.4, 0.5) is 0 Å². The average molecular weight is 199 g/mol. The molecule has 0 aromatic heterocycles. The highest BCUT2D eigenvalue weighted by atomic mass is 16.3. The van der Waals surface area contributed by atoms with Crippen molar-refractivity contribution in [2.45, 2.75) is 32.7 Å². The third-order valence-corrected chi connectivity index (χ3v) is 1.93. The topological polar surface area (TPSA) is 70.6 Å². The number of aliphatic hydroxyl groups excluding tert-OH is 1. The first-order valence-corrected chi connectivity index (χ1v) is 4.92. The Kier molecular flexibility index (Phi) is 6.84. The molecule has 0 rings (SSSR count). The number of hydrogen-bond acceptors (Lipinski definition) is 3. The standard InChI is InChI=1S/C10H21N3O/c1-4-9(5-6-14)13-10(12-3)7-8(2)11/h7,9,14H,4-6,11H2,1-3H3,(H,12,13)/b8-7-. The summed E-state index contributed by atoms with van der Waals surface area (Å²) in [5.41, 5.74) is 6.27. The molecule has 1 atom stereocenters. The third kappa shape index (κ3) is 5.59. The summed E-state index contributed by atoms with van der Waals surface area (Å²) in [4.78, 5) is 4.07. The molecule has 0 aliphatic carbocycles. The van der Waals surface area contributed by atoms with Gasteiger partial charge in [-0.1, -0.05) is 6.92 Å². The van der Waals surface area contributed by atoms with Crippen molar-refractivity contribution in [1.29, 1.82) is 0 Å². The van der Waals surface area contributed by atoms with Gasteiger partial charge in [-0.25, -0.2) is 0 Å². The zero-order valence-electron chi connectivity index (χ0n) is 9.25. The SMILES string of the molecule is CCC(CCO)NC(/C=C(/C)N)=NC. The van der Waals surface area contributed by atoms with Gasteiger partial charge in [-0.05, 0) is 25.8 Å². The van der Waals surface area contributed by atoms with Crippen molar-refractivity contribution in [3.05, 3.63) is 11.8 Å². The molecule has 0 aromatic rings. The van der Waals surface area contributed by atoms with Crippen molar-refractivity contribution in [2.75, 3.05) is 13.7 Å². The summed E-state index contributed by atoms with van der Waals surface area (Å²) < 4.78 is 0. The van der Waals surface area contributed by atoms with Gasteiger partial charge in [0.2, 0.25) is 0 Å². The van der Waals surface area contributed by atoms with Crippen molar-refractivity contribution in [3.8, 4) is 0 Å². The van der Waals surface area contributed by atoms with Gasteiger partial charge in [0.15, 0.2) is 0 Å². The van der Waals surface area contributed by atoms with E-state index in [0.29, 0.717) is 0 Å². The van der Waals surface area contributed by atoms with Crippen LogP contribution in [0.2, 0.25) is 0 Å². The van der Waals surface area contributed by atoms with Crippen LogP contribution in [0.1, 0.15) is 26.7 Å². The van der Waals surface area contributed by atoms with E-state index in [1.807, 2.05) is 6.92 Å². The molecule has 0 radical (unpaired) electrons. The van der Waals surface area contributed by atoms with Gasteiger partial charge >= 0.3 is 0 Å². The number of nitrogens with two attached hydrogens (primary N) is 1. The maximum Gasteiger partial charge on any atom is 0.122 e. The highest BCUT2D eigenvalue weighted by Crippen LogP contribution is 1.97. The van der Waals surface area contributed by atoms with Crippen LogP contribution < -0.4 is 11.1 Å². The van der Waals surface area contributed by atoms with Crippen molar-refractivity contribution in [2.24, 2.45) is 10.7 Å². The van der Waals surface area contributed by atoms with Crippen LogP contribution in [-0.2, 0) is 0 Å². The molecule has 0 saturated carbocycles. The van der Waals surface area contributed by atoms with Crippen LogP contribution in [0.25, 0.3) is 0 Å². The van der Waals surface area contributed by atoms with Crippen LogP contribution in [0.3, 0.4) is 0 Å². The Morgan fingerprint density at radius 2 is 2.29 bits per heavy atom. The molecule has 0 saturated heterocycles. The molecule has 82 valence electrons. The normalized spacial score (nSPS) is 15.4. The average Bonchev–Trinajstić information content (AvgIpc) is 2.15. The monoisotopic (exact) mass is 199 g/mol. The molecule has 0 aliphatic rings. The van der Waals surface area contributed by atoms with Crippen LogP contribution in [0.15, 0.2) is 16.8 Å². The van der Waals surface area contributed by atoms with Crippen LogP contribution >= 0.6 is 0 Å². The number of rotatable bonds is 5. The molecule has 14 heavy (non-hydrogen) atoms. The summed E-state index contributed by atoms with van der Waals surface area (Å²) >= 11 is 0. The predicted molar refractivity (Wildman–Crippen MR) is 60.2 cm³/mol. The summed E-state index contributed by atoms with van der Waals surface area (Å²) in [6.45, 7) is 4.08. The fourth-order valence-electron chi connectivity index (χ4n) is 1.13. The second-order valence-corrected chi connectivity index (χ2v) is 3.26. The van der Waals surface area contributed by atoms with Gasteiger partial charge in [-0.3, -0.25) is 4.99 Å². The number of aliphatic imine (C=N–C) groups is 1. The summed E-state index contributed by atoms with van der Waals surface area (Å²) in [5.74, 6) is 0.769. The minimum atomic E-state index is 0.188. The van der Waals surface area contributed by atoms with E-state index in [9.17, 15) is 0 Å². The predicted octanol–water partition coefficient (Wildman–Crippen LogP) is 0.628. The van der Waals surface area contributed by atoms with Gasteiger partial charge in [0.25, 0.3) is 0 Å². The molecule has 4 nitrogen and oxygen atoms in total. The number of nitrogens with zero attached hydrogens (tertiary/aromatic N) is 1. The molecule has 0 amide bonds. The minimum absolute atomic E-state index is 0.188. The van der Waals surface area contributed by atoms with Crippen molar-refractivity contribution < 1.29 is 5.11 Å². The summed E-state index contributed by atoms with van der Waals surface area (Å²) in [6, 6.07) is 0.259. The molecule has 0 heterocycles. The first-order chi connectivity index (χ1) is 6.63. The van der Waals surface area contributed by atoms with Gasteiger partial charge < -0.3 is 16.2 Å². The molecule has 0 aliphatic heterocycles. The van der Waals surface area contributed by atoms with E-state index in [0.717, 1.165) is 24.4 Å². The van der Waals surface area contributed by atoms with Gasteiger partial charge in [-0.15, -0.1) is 0 Å². The van der Waals surface area contributed by atoms with Crippen molar-refractivity contribution >= 4 is 5.84 Å². The van der Waals surface area contributed by atoms with Crippen LogP contribution in [0, 0.1) is 0 Å². The summed E-state index contributed by atoms with van der Waals surface area (Å²) in [6.07, 6.45) is 3.48. The zero-order valence-corrected chi connectivity index (χ0v) is 9.25. The van der Waals surface area contributed by atoms with Crippen molar-refractivity contribution in [1.82, 2.24) is 5.32 Å². The van der Waals surface area contributed by atoms with Gasteiger partial charge in [0, 0.05) is 25.4 Å². The number of aliphatic hydroxyl groups is 1. The van der Waals surface area contributed by atoms with E-state index >= 15 is 0 Å². The minimum Gasteiger partial charge on any atom is -0.402 e. The number of allylic oxidation sites excluding steroid dienone is 1. The summed E-state index contributed by atoms with van der Waals surface area (Å²) in [5, 5.41) is 12.0. The Morgan fingerprint density at radius 3 is 2.64 bits per heavy atom. The molecule has 0 bridgehead atoms. The second kappa shape index (κ2) is 7.38. The van der Waals surface area contributed by atoms with E-state index in [-0.39, 0.29) is 12.6 Å². The first kappa shape index (κ1) is 13.0. The fourth-order valence-corrected chi connectivity index (χ4v) is 1.13. The lowest BCUT2D eigenvalue weighted by molar-refractivity contribution is 0.269. The maximum absolute atomic E-state index is 8.82. The van der Waals surface area contributed by atoms with Gasteiger partial charge in [-0.2, -0.15) is 0 Å². The smallest absolute Gasteiger partial charge is 0.122 e. The Bertz CT molecular complexity index is 207. The highest BCUT2D eigenvalue weighted by Gasteiger charge is 2.05. The quantitative estimate of drug-likeness (QED) is 0.449. The lowest BCUT2D eigenvalue weighted by Gasteiger charge is -2.16. The Labute approximate surface area is 85.9 Å². The second-order valence-electron chi connectivity index (χ2n) is 3.26. The third-order valence-electron chi connectivity index (χ3n) is 1.93. The Balaban J connectivity index is 4.23.